The van der Waals surface area contributed by atoms with Crippen molar-refractivity contribution in [3.63, 3.8) is 0 Å². The second-order valence-electron chi connectivity index (χ2n) is 7.78. The third-order valence-corrected chi connectivity index (χ3v) is 6.77. The van der Waals surface area contributed by atoms with E-state index in [-0.39, 0.29) is 11.8 Å². The summed E-state index contributed by atoms with van der Waals surface area (Å²) in [7, 11) is 0. The molecule has 1 aliphatic heterocycles. The van der Waals surface area contributed by atoms with Gasteiger partial charge >= 0.3 is 5.97 Å². The number of thiazole rings is 1. The van der Waals surface area contributed by atoms with Gasteiger partial charge in [0.05, 0.1) is 22.1 Å². The van der Waals surface area contributed by atoms with E-state index in [4.69, 9.17) is 21.4 Å². The number of fused-ring (bicyclic) bond motifs is 1. The van der Waals surface area contributed by atoms with Gasteiger partial charge in [0.15, 0.2) is 6.61 Å². The summed E-state index contributed by atoms with van der Waals surface area (Å²) in [5, 5.41) is 9.57. The number of carbonyl (C=O) groups is 2. The smallest absolute Gasteiger partial charge is 0.341 e. The maximum atomic E-state index is 13.5. The van der Waals surface area contributed by atoms with Crippen LogP contribution in [-0.4, -0.2) is 40.0 Å². The molecular formula is C24H23ClN2O4S. The highest BCUT2D eigenvalue weighted by atomic mass is 35.5. The summed E-state index contributed by atoms with van der Waals surface area (Å²) in [6.07, 6.45) is 1.03. The number of ether oxygens (including phenoxy) is 1. The third-order valence-electron chi connectivity index (χ3n) is 5.61. The maximum absolute atomic E-state index is 13.5. The predicted octanol–water partition coefficient (Wildman–Crippen LogP) is 4.93. The number of hydrogen-bond acceptors (Lipinski definition) is 5. The Labute approximate surface area is 195 Å². The molecule has 0 radical (unpaired) electrons. The number of benzene rings is 2. The number of rotatable bonds is 7. The van der Waals surface area contributed by atoms with Gasteiger partial charge in [-0.3, -0.25) is 4.79 Å². The van der Waals surface area contributed by atoms with Crippen LogP contribution >= 0.6 is 22.9 Å². The normalized spacial score (nSPS) is 16.3. The number of aromatic nitrogens is 1. The van der Waals surface area contributed by atoms with Crippen molar-refractivity contribution in [3.8, 4) is 5.75 Å². The second-order valence-corrected chi connectivity index (χ2v) is 9.11. The van der Waals surface area contributed by atoms with Gasteiger partial charge in [0.25, 0.3) is 0 Å². The largest absolute Gasteiger partial charge is 0.482 e. The van der Waals surface area contributed by atoms with Crippen LogP contribution in [0.4, 0.5) is 0 Å². The second kappa shape index (κ2) is 9.71. The molecule has 2 heterocycles. The van der Waals surface area contributed by atoms with Gasteiger partial charge in [-0.1, -0.05) is 48.9 Å². The van der Waals surface area contributed by atoms with Crippen LogP contribution in [0.1, 0.15) is 47.0 Å². The first kappa shape index (κ1) is 22.3. The molecule has 0 saturated carbocycles. The minimum Gasteiger partial charge on any atom is -0.482 e. The first-order valence-electron chi connectivity index (χ1n) is 10.3. The number of carbonyl (C=O) groups excluding carboxylic acids is 1. The zero-order chi connectivity index (χ0) is 22.7. The van der Waals surface area contributed by atoms with Crippen LogP contribution in [0.5, 0.6) is 5.75 Å². The molecule has 1 aliphatic rings. The fourth-order valence-corrected chi connectivity index (χ4v) is 5.19. The van der Waals surface area contributed by atoms with E-state index in [1.807, 2.05) is 42.2 Å². The molecule has 0 saturated heterocycles. The molecule has 1 unspecified atom stereocenters. The van der Waals surface area contributed by atoms with E-state index in [0.29, 0.717) is 35.7 Å². The fourth-order valence-electron chi connectivity index (χ4n) is 4.05. The highest BCUT2D eigenvalue weighted by Crippen LogP contribution is 2.42. The molecule has 1 amide bonds. The van der Waals surface area contributed by atoms with Crippen LogP contribution in [-0.2, 0) is 16.0 Å². The van der Waals surface area contributed by atoms with Crippen molar-refractivity contribution in [2.24, 2.45) is 0 Å². The van der Waals surface area contributed by atoms with Crippen LogP contribution in [0.25, 0.3) is 0 Å². The van der Waals surface area contributed by atoms with Crippen LogP contribution < -0.4 is 4.74 Å². The third kappa shape index (κ3) is 4.79. The highest BCUT2D eigenvalue weighted by Gasteiger charge is 2.36. The molecule has 0 bridgehead atoms. The zero-order valence-corrected chi connectivity index (χ0v) is 19.1. The lowest BCUT2D eigenvalue weighted by atomic mass is 9.93. The van der Waals surface area contributed by atoms with Crippen molar-refractivity contribution in [2.45, 2.75) is 31.7 Å². The van der Waals surface area contributed by atoms with Gasteiger partial charge in [0.1, 0.15) is 5.75 Å². The van der Waals surface area contributed by atoms with Gasteiger partial charge in [-0.15, -0.1) is 11.3 Å². The number of aliphatic carboxylic acids is 1. The number of carboxylic acid groups (broad SMARTS) is 1. The van der Waals surface area contributed by atoms with Gasteiger partial charge in [-0.05, 0) is 29.7 Å². The van der Waals surface area contributed by atoms with Crippen molar-refractivity contribution in [2.75, 3.05) is 13.2 Å². The number of carboxylic acids is 1. The molecule has 4 rings (SSSR count). The minimum absolute atomic E-state index is 0.0227. The summed E-state index contributed by atoms with van der Waals surface area (Å²) in [4.78, 5) is 31.9. The van der Waals surface area contributed by atoms with Crippen molar-refractivity contribution < 1.29 is 19.4 Å². The predicted molar refractivity (Wildman–Crippen MR) is 123 cm³/mol. The molecule has 1 N–H and O–H groups in total. The number of nitrogens with zero attached hydrogens (tertiary/aromatic N) is 2. The van der Waals surface area contributed by atoms with Crippen LogP contribution in [0, 0.1) is 0 Å². The lowest BCUT2D eigenvalue weighted by molar-refractivity contribution is -0.139. The maximum Gasteiger partial charge on any atom is 0.341 e. The Hall–Kier alpha value is -2.90. The fraction of sp³-hybridized carbons (Fsp3) is 0.292. The number of halogens is 1. The summed E-state index contributed by atoms with van der Waals surface area (Å²) in [5.74, 6) is -0.585. The molecule has 0 aliphatic carbocycles. The topological polar surface area (TPSA) is 79.7 Å². The summed E-state index contributed by atoms with van der Waals surface area (Å²) in [6, 6.07) is 14.6. The Morgan fingerprint density at radius 1 is 1.28 bits per heavy atom. The molecule has 0 fully saturated rings. The number of amides is 1. The molecule has 2 atom stereocenters. The average molecular weight is 471 g/mol. The van der Waals surface area contributed by atoms with Gasteiger partial charge < -0.3 is 14.7 Å². The molecule has 3 aromatic rings. The quantitative estimate of drug-likeness (QED) is 0.529. The Morgan fingerprint density at radius 2 is 2.06 bits per heavy atom. The van der Waals surface area contributed by atoms with Crippen LogP contribution in [0.2, 0.25) is 5.02 Å². The van der Waals surface area contributed by atoms with Gasteiger partial charge in [-0.25, -0.2) is 9.78 Å². The lowest BCUT2D eigenvalue weighted by Crippen LogP contribution is -2.40. The summed E-state index contributed by atoms with van der Waals surface area (Å²) in [6.45, 7) is 2.09. The van der Waals surface area contributed by atoms with E-state index in [0.717, 1.165) is 16.1 Å². The van der Waals surface area contributed by atoms with Crippen LogP contribution in [0.3, 0.4) is 0 Å². The molecule has 6 nitrogen and oxygen atoms in total. The van der Waals surface area contributed by atoms with Crippen molar-refractivity contribution in [3.05, 3.63) is 80.8 Å². The average Bonchev–Trinajstić information content (AvgIpc) is 3.27. The molecule has 8 heteroatoms. The standard InChI is InChI=1S/C24H23ClN2O4S/c1-15(16-5-3-2-4-6-16)11-21(28)27-10-9-19-24(32-14-26-19)23(27)18-12-17(25)7-8-20(18)31-13-22(29)30/h2-8,12,14-15,23H,9-11,13H2,1H3,(H,29,30)/t15-,23?/m0/s1. The van der Waals surface area contributed by atoms with Gasteiger partial charge in [-0.2, -0.15) is 0 Å². The van der Waals surface area contributed by atoms with E-state index in [9.17, 15) is 9.59 Å². The minimum atomic E-state index is -1.07. The zero-order valence-electron chi connectivity index (χ0n) is 17.5. The van der Waals surface area contributed by atoms with E-state index < -0.39 is 18.6 Å². The van der Waals surface area contributed by atoms with Crippen LogP contribution in [0.15, 0.2) is 54.0 Å². The first-order chi connectivity index (χ1) is 15.4. The van der Waals surface area contributed by atoms with Gasteiger partial charge in [0, 0.05) is 30.0 Å². The number of hydrogen-bond donors (Lipinski definition) is 1. The monoisotopic (exact) mass is 470 g/mol. The SMILES string of the molecule is C[C@@H](CC(=O)N1CCc2ncsc2C1c1cc(Cl)ccc1OCC(=O)O)c1ccccc1. The van der Waals surface area contributed by atoms with Crippen molar-refractivity contribution >= 4 is 34.8 Å². The first-order valence-corrected chi connectivity index (χ1v) is 11.6. The molecular weight excluding hydrogens is 448 g/mol. The molecule has 2 aromatic carbocycles. The Balaban J connectivity index is 1.69. The van der Waals surface area contributed by atoms with E-state index >= 15 is 0 Å². The highest BCUT2D eigenvalue weighted by molar-refractivity contribution is 7.09. The molecule has 1 aromatic heterocycles. The Morgan fingerprint density at radius 3 is 2.81 bits per heavy atom. The molecule has 166 valence electrons. The molecule has 0 spiro atoms. The lowest BCUT2D eigenvalue weighted by Gasteiger charge is -2.36. The van der Waals surface area contributed by atoms with E-state index in [1.165, 1.54) is 11.3 Å². The Kier molecular flexibility index (Phi) is 6.77. The van der Waals surface area contributed by atoms with E-state index in [2.05, 4.69) is 4.98 Å². The Bertz CT molecular complexity index is 1120. The summed E-state index contributed by atoms with van der Waals surface area (Å²) < 4.78 is 5.56. The molecule has 32 heavy (non-hydrogen) atoms. The van der Waals surface area contributed by atoms with Crippen molar-refractivity contribution in [1.82, 2.24) is 9.88 Å². The summed E-state index contributed by atoms with van der Waals surface area (Å²) >= 11 is 7.79. The summed E-state index contributed by atoms with van der Waals surface area (Å²) in [5.41, 5.74) is 4.51. The van der Waals surface area contributed by atoms with Gasteiger partial charge in [0.2, 0.25) is 5.91 Å². The van der Waals surface area contributed by atoms with Crippen molar-refractivity contribution in [1.29, 1.82) is 0 Å². The van der Waals surface area contributed by atoms with E-state index in [1.54, 1.807) is 23.7 Å².